The van der Waals surface area contributed by atoms with Gasteiger partial charge in [0.15, 0.2) is 0 Å². The molecule has 2 N–H and O–H groups in total. The second-order valence-corrected chi connectivity index (χ2v) is 3.92. The predicted molar refractivity (Wildman–Crippen MR) is 63.0 cm³/mol. The van der Waals surface area contributed by atoms with Crippen LogP contribution in [-0.4, -0.2) is 19.3 Å². The molecule has 1 rings (SSSR count). The Morgan fingerprint density at radius 2 is 1.94 bits per heavy atom. The van der Waals surface area contributed by atoms with E-state index < -0.39 is 12.7 Å². The molecule has 5 heteroatoms. The molecule has 0 amide bonds. The Labute approximate surface area is 99.2 Å². The fourth-order valence-electron chi connectivity index (χ4n) is 1.90. The van der Waals surface area contributed by atoms with Gasteiger partial charge >= 0.3 is 6.18 Å². The Balaban J connectivity index is 3.11. The molecule has 0 aliphatic rings. The maximum absolute atomic E-state index is 12.5. The van der Waals surface area contributed by atoms with Crippen molar-refractivity contribution >= 4 is 5.69 Å². The number of aryl methyl sites for hydroxylation is 1. The van der Waals surface area contributed by atoms with Gasteiger partial charge in [-0.1, -0.05) is 18.2 Å². The molecule has 96 valence electrons. The van der Waals surface area contributed by atoms with Crippen molar-refractivity contribution < 1.29 is 13.2 Å². The number of nitrogens with zero attached hydrogens (tertiary/aromatic N) is 1. The molecule has 17 heavy (non-hydrogen) atoms. The van der Waals surface area contributed by atoms with E-state index in [4.69, 9.17) is 5.73 Å². The van der Waals surface area contributed by atoms with Crippen molar-refractivity contribution in [3.63, 3.8) is 0 Å². The van der Waals surface area contributed by atoms with Crippen molar-refractivity contribution in [3.05, 3.63) is 29.3 Å². The van der Waals surface area contributed by atoms with Gasteiger partial charge in [0, 0.05) is 18.8 Å². The monoisotopic (exact) mass is 246 g/mol. The Hall–Kier alpha value is -1.23. The van der Waals surface area contributed by atoms with Gasteiger partial charge in [-0.15, -0.1) is 0 Å². The molecule has 1 aromatic carbocycles. The molecule has 0 saturated heterocycles. The molecule has 0 bridgehead atoms. The summed E-state index contributed by atoms with van der Waals surface area (Å²) in [4.78, 5) is 1.32. The summed E-state index contributed by atoms with van der Waals surface area (Å²) in [6.07, 6.45) is -4.20. The van der Waals surface area contributed by atoms with Crippen LogP contribution in [0.1, 0.15) is 18.1 Å². The molecule has 2 nitrogen and oxygen atoms in total. The summed E-state index contributed by atoms with van der Waals surface area (Å²) >= 11 is 0. The molecule has 0 unspecified atom stereocenters. The van der Waals surface area contributed by atoms with Crippen LogP contribution < -0.4 is 10.6 Å². The fourth-order valence-corrected chi connectivity index (χ4v) is 1.90. The number of halogens is 3. The van der Waals surface area contributed by atoms with Gasteiger partial charge in [-0.3, -0.25) is 0 Å². The van der Waals surface area contributed by atoms with E-state index in [1.165, 1.54) is 4.90 Å². The maximum Gasteiger partial charge on any atom is 0.405 e. The second kappa shape index (κ2) is 5.40. The molecule has 0 fully saturated rings. The van der Waals surface area contributed by atoms with Crippen LogP contribution in [0.5, 0.6) is 0 Å². The molecular weight excluding hydrogens is 229 g/mol. The first-order valence-corrected chi connectivity index (χ1v) is 5.49. The molecular formula is C12H17F3N2. The van der Waals surface area contributed by atoms with Crippen LogP contribution in [0, 0.1) is 6.92 Å². The van der Waals surface area contributed by atoms with E-state index in [1.807, 2.05) is 6.07 Å². The molecule has 0 aromatic heterocycles. The number of rotatable bonds is 4. The summed E-state index contributed by atoms with van der Waals surface area (Å²) < 4.78 is 37.4. The van der Waals surface area contributed by atoms with Crippen LogP contribution in [0.4, 0.5) is 18.9 Å². The summed E-state index contributed by atoms with van der Waals surface area (Å²) in [5.41, 5.74) is 7.74. The van der Waals surface area contributed by atoms with Crippen LogP contribution in [0.3, 0.4) is 0 Å². The number of para-hydroxylation sites is 1. The van der Waals surface area contributed by atoms with Gasteiger partial charge in [-0.25, -0.2) is 0 Å². The van der Waals surface area contributed by atoms with Gasteiger partial charge in [0.05, 0.1) is 0 Å². The van der Waals surface area contributed by atoms with Gasteiger partial charge in [0.25, 0.3) is 0 Å². The van der Waals surface area contributed by atoms with Crippen LogP contribution in [0.25, 0.3) is 0 Å². The predicted octanol–water partition coefficient (Wildman–Crippen LogP) is 2.84. The van der Waals surface area contributed by atoms with Crippen LogP contribution in [0.2, 0.25) is 0 Å². The third-order valence-corrected chi connectivity index (χ3v) is 2.61. The number of anilines is 1. The van der Waals surface area contributed by atoms with Crippen molar-refractivity contribution in [2.24, 2.45) is 5.73 Å². The lowest BCUT2D eigenvalue weighted by Gasteiger charge is -2.28. The minimum atomic E-state index is -4.20. The zero-order valence-corrected chi connectivity index (χ0v) is 10.0. The van der Waals surface area contributed by atoms with Gasteiger partial charge in [0.2, 0.25) is 0 Å². The molecule has 0 saturated carbocycles. The number of hydrogen-bond acceptors (Lipinski definition) is 2. The Morgan fingerprint density at radius 3 is 2.41 bits per heavy atom. The van der Waals surface area contributed by atoms with Gasteiger partial charge in [-0.2, -0.15) is 13.2 Å². The van der Waals surface area contributed by atoms with Crippen molar-refractivity contribution in [2.45, 2.75) is 26.6 Å². The third-order valence-electron chi connectivity index (χ3n) is 2.61. The van der Waals surface area contributed by atoms with Crippen molar-refractivity contribution in [3.8, 4) is 0 Å². The average Bonchev–Trinajstić information content (AvgIpc) is 2.24. The summed E-state index contributed by atoms with van der Waals surface area (Å²) in [5, 5.41) is 0. The minimum Gasteiger partial charge on any atom is -0.362 e. The lowest BCUT2D eigenvalue weighted by molar-refractivity contribution is -0.119. The van der Waals surface area contributed by atoms with E-state index in [1.54, 1.807) is 26.0 Å². The summed E-state index contributed by atoms with van der Waals surface area (Å²) in [7, 11) is 0. The smallest absolute Gasteiger partial charge is 0.362 e. The minimum absolute atomic E-state index is 0.241. The van der Waals surface area contributed by atoms with Crippen molar-refractivity contribution in [1.82, 2.24) is 0 Å². The Morgan fingerprint density at radius 1 is 1.29 bits per heavy atom. The highest BCUT2D eigenvalue weighted by molar-refractivity contribution is 5.59. The summed E-state index contributed by atoms with van der Waals surface area (Å²) in [5.74, 6) is 0. The van der Waals surface area contributed by atoms with Crippen molar-refractivity contribution in [1.29, 1.82) is 0 Å². The van der Waals surface area contributed by atoms with E-state index in [-0.39, 0.29) is 6.54 Å². The molecule has 0 spiro atoms. The quantitative estimate of drug-likeness (QED) is 0.885. The van der Waals surface area contributed by atoms with Gasteiger partial charge in [0.1, 0.15) is 6.54 Å². The van der Waals surface area contributed by atoms with E-state index >= 15 is 0 Å². The molecule has 0 radical (unpaired) electrons. The number of hydrogen-bond donors (Lipinski definition) is 1. The maximum atomic E-state index is 12.5. The van der Waals surface area contributed by atoms with E-state index in [0.29, 0.717) is 12.2 Å². The Bertz CT molecular complexity index is 375. The highest BCUT2D eigenvalue weighted by atomic mass is 19.4. The summed E-state index contributed by atoms with van der Waals surface area (Å²) in [6.45, 7) is 3.11. The fraction of sp³-hybridized carbons (Fsp3) is 0.500. The van der Waals surface area contributed by atoms with E-state index in [0.717, 1.165) is 11.1 Å². The first-order valence-electron chi connectivity index (χ1n) is 5.49. The first-order chi connectivity index (χ1) is 7.89. The Kier molecular flexibility index (Phi) is 4.40. The van der Waals surface area contributed by atoms with Crippen molar-refractivity contribution in [2.75, 3.05) is 18.0 Å². The zero-order valence-electron chi connectivity index (χ0n) is 10.0. The first kappa shape index (κ1) is 13.8. The normalized spacial score (nSPS) is 11.6. The van der Waals surface area contributed by atoms with E-state index in [2.05, 4.69) is 0 Å². The molecule has 1 aromatic rings. The largest absolute Gasteiger partial charge is 0.405 e. The topological polar surface area (TPSA) is 29.3 Å². The highest BCUT2D eigenvalue weighted by Gasteiger charge is 2.31. The number of alkyl halides is 3. The van der Waals surface area contributed by atoms with E-state index in [9.17, 15) is 13.2 Å². The van der Waals surface area contributed by atoms with Gasteiger partial charge in [-0.05, 0) is 25.0 Å². The lowest BCUT2D eigenvalue weighted by Crippen LogP contribution is -2.35. The van der Waals surface area contributed by atoms with Crippen LogP contribution in [0.15, 0.2) is 18.2 Å². The van der Waals surface area contributed by atoms with Gasteiger partial charge < -0.3 is 10.6 Å². The average molecular weight is 246 g/mol. The third kappa shape index (κ3) is 3.63. The standard InChI is InChI=1S/C12H17F3N2/c1-3-17(8-12(13,14)15)11-9(2)5-4-6-10(11)7-16/h4-6H,3,7-8,16H2,1-2H3. The summed E-state index contributed by atoms with van der Waals surface area (Å²) in [6, 6.07) is 5.37. The number of nitrogens with two attached hydrogens (primary N) is 1. The second-order valence-electron chi connectivity index (χ2n) is 3.92. The lowest BCUT2D eigenvalue weighted by atomic mass is 10.1. The zero-order chi connectivity index (χ0) is 13.1. The molecule has 0 aliphatic carbocycles. The molecule has 0 atom stereocenters. The van der Waals surface area contributed by atoms with Crippen LogP contribution in [-0.2, 0) is 6.54 Å². The van der Waals surface area contributed by atoms with Crippen LogP contribution >= 0.6 is 0 Å². The molecule has 0 heterocycles. The molecule has 0 aliphatic heterocycles. The number of benzene rings is 1. The highest BCUT2D eigenvalue weighted by Crippen LogP contribution is 2.28. The SMILES string of the molecule is CCN(CC(F)(F)F)c1c(C)cccc1CN.